The van der Waals surface area contributed by atoms with Crippen LogP contribution in [0.1, 0.15) is 37.3 Å². The van der Waals surface area contributed by atoms with Crippen LogP contribution in [-0.2, 0) is 9.59 Å². The number of thioether (sulfide) groups is 1. The normalized spacial score (nSPS) is 15.5. The molecule has 7 heteroatoms. The molecule has 1 aromatic heterocycles. The first-order valence-electron chi connectivity index (χ1n) is 9.87. The van der Waals surface area contributed by atoms with Gasteiger partial charge < -0.3 is 15.2 Å². The highest BCUT2D eigenvalue weighted by molar-refractivity contribution is 8.00. The molecule has 4 rings (SSSR count). The summed E-state index contributed by atoms with van der Waals surface area (Å²) in [6.45, 7) is 2.78. The van der Waals surface area contributed by atoms with E-state index in [1.807, 2.05) is 55.5 Å². The molecule has 1 saturated heterocycles. The fraction of sp³-hybridized carbons (Fsp3) is 0.318. The van der Waals surface area contributed by atoms with E-state index in [2.05, 4.69) is 15.3 Å². The van der Waals surface area contributed by atoms with E-state index in [0.29, 0.717) is 17.9 Å². The molecule has 2 aromatic carbocycles. The molecule has 0 saturated carbocycles. The molecule has 150 valence electrons. The number of nitrogens with zero attached hydrogens (tertiary/aromatic N) is 2. The lowest BCUT2D eigenvalue weighted by molar-refractivity contribution is -0.119. The number of nitrogens with one attached hydrogen (secondary N) is 2. The summed E-state index contributed by atoms with van der Waals surface area (Å²) in [5.74, 6) is 1.27. The number of para-hydroxylation sites is 2. The van der Waals surface area contributed by atoms with Gasteiger partial charge in [0.15, 0.2) is 0 Å². The average molecular weight is 409 g/mol. The van der Waals surface area contributed by atoms with Crippen LogP contribution in [0.25, 0.3) is 11.0 Å². The average Bonchev–Trinajstić information content (AvgIpc) is 3.17. The number of anilines is 2. The van der Waals surface area contributed by atoms with Crippen LogP contribution < -0.4 is 10.2 Å². The summed E-state index contributed by atoms with van der Waals surface area (Å²) in [5.41, 5.74) is 3.49. The number of carbonyl (C=O) groups is 2. The Kier molecular flexibility index (Phi) is 5.85. The Morgan fingerprint density at radius 1 is 1.24 bits per heavy atom. The molecule has 1 aliphatic rings. The molecule has 1 fully saturated rings. The van der Waals surface area contributed by atoms with Crippen LogP contribution in [0, 0.1) is 0 Å². The quantitative estimate of drug-likeness (QED) is 0.629. The number of hydrogen-bond acceptors (Lipinski definition) is 4. The third-order valence-corrected chi connectivity index (χ3v) is 6.17. The van der Waals surface area contributed by atoms with Gasteiger partial charge in [0, 0.05) is 24.3 Å². The van der Waals surface area contributed by atoms with E-state index in [-0.39, 0.29) is 17.1 Å². The zero-order chi connectivity index (χ0) is 20.2. The monoisotopic (exact) mass is 408 g/mol. The van der Waals surface area contributed by atoms with Crippen LogP contribution in [-0.4, -0.2) is 34.1 Å². The summed E-state index contributed by atoms with van der Waals surface area (Å²) in [7, 11) is 0. The third-order valence-electron chi connectivity index (χ3n) is 5.02. The maximum absolute atomic E-state index is 12.4. The highest BCUT2D eigenvalue weighted by atomic mass is 32.2. The number of aromatic nitrogens is 2. The summed E-state index contributed by atoms with van der Waals surface area (Å²) < 4.78 is 0. The molecule has 0 bridgehead atoms. The summed E-state index contributed by atoms with van der Waals surface area (Å²) >= 11 is 1.53. The molecule has 2 amide bonds. The standard InChI is InChI=1S/C22H24N4O2S/c1-15(22-24-18-9-2-3-10-19(18)25-22)29-14-20(27)23-16-7-6-8-17(13-16)26-12-5-4-11-21(26)28/h2-3,6-10,13,15H,4-5,11-12,14H2,1H3,(H,23,27)(H,24,25). The van der Waals surface area contributed by atoms with Crippen molar-refractivity contribution >= 4 is 46.0 Å². The van der Waals surface area contributed by atoms with Gasteiger partial charge in [0.1, 0.15) is 5.82 Å². The zero-order valence-corrected chi connectivity index (χ0v) is 17.2. The Morgan fingerprint density at radius 3 is 2.93 bits per heavy atom. The van der Waals surface area contributed by atoms with Gasteiger partial charge in [-0.05, 0) is 50.1 Å². The lowest BCUT2D eigenvalue weighted by Gasteiger charge is -2.27. The van der Waals surface area contributed by atoms with Crippen molar-refractivity contribution in [1.29, 1.82) is 0 Å². The van der Waals surface area contributed by atoms with Crippen LogP contribution in [0.5, 0.6) is 0 Å². The second-order valence-corrected chi connectivity index (χ2v) is 8.52. The van der Waals surface area contributed by atoms with E-state index in [9.17, 15) is 9.59 Å². The van der Waals surface area contributed by atoms with E-state index in [1.54, 1.807) is 4.90 Å². The number of rotatable bonds is 6. The van der Waals surface area contributed by atoms with Crippen molar-refractivity contribution < 1.29 is 9.59 Å². The highest BCUT2D eigenvalue weighted by Gasteiger charge is 2.20. The van der Waals surface area contributed by atoms with Gasteiger partial charge in [-0.1, -0.05) is 18.2 Å². The topological polar surface area (TPSA) is 78.1 Å². The van der Waals surface area contributed by atoms with Gasteiger partial charge in [-0.2, -0.15) is 0 Å². The zero-order valence-electron chi connectivity index (χ0n) is 16.4. The molecule has 0 radical (unpaired) electrons. The fourth-order valence-corrected chi connectivity index (χ4v) is 4.22. The summed E-state index contributed by atoms with van der Waals surface area (Å²) in [6.07, 6.45) is 2.55. The largest absolute Gasteiger partial charge is 0.341 e. The number of fused-ring (bicyclic) bond motifs is 1. The van der Waals surface area contributed by atoms with Crippen LogP contribution in [0.4, 0.5) is 11.4 Å². The van der Waals surface area contributed by atoms with Gasteiger partial charge in [0.05, 0.1) is 22.0 Å². The molecular weight excluding hydrogens is 384 g/mol. The van der Waals surface area contributed by atoms with E-state index < -0.39 is 0 Å². The van der Waals surface area contributed by atoms with Crippen molar-refractivity contribution in [1.82, 2.24) is 9.97 Å². The smallest absolute Gasteiger partial charge is 0.234 e. The number of piperidine rings is 1. The van der Waals surface area contributed by atoms with Gasteiger partial charge >= 0.3 is 0 Å². The highest BCUT2D eigenvalue weighted by Crippen LogP contribution is 2.28. The van der Waals surface area contributed by atoms with Gasteiger partial charge in [-0.25, -0.2) is 4.98 Å². The molecule has 2 heterocycles. The first-order chi connectivity index (χ1) is 14.1. The maximum atomic E-state index is 12.4. The number of imidazole rings is 1. The second-order valence-electron chi connectivity index (χ2n) is 7.19. The van der Waals surface area contributed by atoms with Gasteiger partial charge in [0.25, 0.3) is 0 Å². The number of hydrogen-bond donors (Lipinski definition) is 2. The van der Waals surface area contributed by atoms with Crippen molar-refractivity contribution in [2.45, 2.75) is 31.4 Å². The SMILES string of the molecule is CC(SCC(=O)Nc1cccc(N2CCCCC2=O)c1)c1nc2ccccc2[nH]1. The number of carbonyl (C=O) groups excluding carboxylic acids is 2. The molecule has 1 aliphatic heterocycles. The molecule has 1 atom stereocenters. The van der Waals surface area contributed by atoms with E-state index in [4.69, 9.17) is 0 Å². The lowest BCUT2D eigenvalue weighted by atomic mass is 10.1. The molecule has 6 nitrogen and oxygen atoms in total. The van der Waals surface area contributed by atoms with Crippen molar-refractivity contribution in [3.8, 4) is 0 Å². The minimum absolute atomic E-state index is 0.0694. The van der Waals surface area contributed by atoms with Crippen molar-refractivity contribution in [3.05, 3.63) is 54.4 Å². The summed E-state index contributed by atoms with van der Waals surface area (Å²) in [6, 6.07) is 15.4. The van der Waals surface area contributed by atoms with E-state index in [1.165, 1.54) is 11.8 Å². The number of amides is 2. The molecule has 3 aromatic rings. The maximum Gasteiger partial charge on any atom is 0.234 e. The summed E-state index contributed by atoms with van der Waals surface area (Å²) in [5, 5.41) is 3.02. The Morgan fingerprint density at radius 2 is 2.10 bits per heavy atom. The number of benzene rings is 2. The Balaban J connectivity index is 1.34. The summed E-state index contributed by atoms with van der Waals surface area (Å²) in [4.78, 5) is 34.3. The first-order valence-corrected chi connectivity index (χ1v) is 10.9. The molecule has 0 aliphatic carbocycles. The van der Waals surface area contributed by atoms with Gasteiger partial charge in [-0.3, -0.25) is 9.59 Å². The van der Waals surface area contributed by atoms with E-state index >= 15 is 0 Å². The van der Waals surface area contributed by atoms with E-state index in [0.717, 1.165) is 41.9 Å². The molecule has 1 unspecified atom stereocenters. The molecule has 2 N–H and O–H groups in total. The Hall–Kier alpha value is -2.80. The Labute approximate surface area is 174 Å². The van der Waals surface area contributed by atoms with Crippen molar-refractivity contribution in [2.75, 3.05) is 22.5 Å². The van der Waals surface area contributed by atoms with Crippen molar-refractivity contribution in [3.63, 3.8) is 0 Å². The van der Waals surface area contributed by atoms with Gasteiger partial charge in [0.2, 0.25) is 11.8 Å². The van der Waals surface area contributed by atoms with Crippen LogP contribution in [0.3, 0.4) is 0 Å². The minimum atomic E-state index is -0.0694. The lowest BCUT2D eigenvalue weighted by Crippen LogP contribution is -2.35. The number of H-pyrrole nitrogens is 1. The van der Waals surface area contributed by atoms with Gasteiger partial charge in [-0.15, -0.1) is 11.8 Å². The predicted octanol–water partition coefficient (Wildman–Crippen LogP) is 4.51. The minimum Gasteiger partial charge on any atom is -0.341 e. The third kappa shape index (κ3) is 4.62. The molecule has 0 spiro atoms. The van der Waals surface area contributed by atoms with Crippen LogP contribution in [0.2, 0.25) is 0 Å². The predicted molar refractivity (Wildman–Crippen MR) is 118 cm³/mol. The fourth-order valence-electron chi connectivity index (χ4n) is 3.47. The Bertz CT molecular complexity index is 999. The van der Waals surface area contributed by atoms with Crippen molar-refractivity contribution in [2.24, 2.45) is 0 Å². The van der Waals surface area contributed by atoms with Crippen LogP contribution >= 0.6 is 11.8 Å². The molecule has 29 heavy (non-hydrogen) atoms. The van der Waals surface area contributed by atoms with Crippen LogP contribution in [0.15, 0.2) is 48.5 Å². The second kappa shape index (κ2) is 8.69. The molecular formula is C22H24N4O2S. The first kappa shape index (κ1) is 19.5. The number of aromatic amines is 1.